The number of allylic oxidation sites excluding steroid dienone is 8. The van der Waals surface area contributed by atoms with E-state index in [-0.39, 0.29) is 15.6 Å². The van der Waals surface area contributed by atoms with Crippen LogP contribution in [0.1, 0.15) is 41.5 Å². The largest absolute Gasteiger partial charge is 0.106 e. The van der Waals surface area contributed by atoms with Gasteiger partial charge in [0.05, 0.1) is 4.75 Å². The van der Waals surface area contributed by atoms with Crippen molar-refractivity contribution < 1.29 is 0 Å². The number of rotatable bonds is 0. The Morgan fingerprint density at radius 3 is 2.23 bits per heavy atom. The van der Waals surface area contributed by atoms with Gasteiger partial charge in [-0.25, -0.2) is 0 Å². The summed E-state index contributed by atoms with van der Waals surface area (Å²) in [6, 6.07) is 0. The van der Waals surface area contributed by atoms with E-state index >= 15 is 0 Å². The van der Waals surface area contributed by atoms with Crippen LogP contribution in [0.3, 0.4) is 0 Å². The van der Waals surface area contributed by atoms with Crippen LogP contribution in [0.2, 0.25) is 0 Å². The zero-order valence-corrected chi connectivity index (χ0v) is 15.3. The van der Waals surface area contributed by atoms with E-state index in [9.17, 15) is 0 Å². The fourth-order valence-electron chi connectivity index (χ4n) is 3.26. The van der Waals surface area contributed by atoms with Crippen molar-refractivity contribution in [2.75, 3.05) is 0 Å². The molecule has 0 nitrogen and oxygen atoms in total. The van der Waals surface area contributed by atoms with Crippen molar-refractivity contribution >= 4 is 11.8 Å². The maximum absolute atomic E-state index is 2.50. The number of hydrogen-bond donors (Lipinski definition) is 0. The number of thioether (sulfide) groups is 1. The smallest absolute Gasteiger partial charge is 0.0799 e. The van der Waals surface area contributed by atoms with Gasteiger partial charge in [-0.2, -0.15) is 0 Å². The van der Waals surface area contributed by atoms with Gasteiger partial charge < -0.3 is 0 Å². The van der Waals surface area contributed by atoms with Crippen LogP contribution in [0.5, 0.6) is 0 Å². The van der Waals surface area contributed by atoms with Gasteiger partial charge in [-0.3, -0.25) is 0 Å². The minimum Gasteiger partial charge on any atom is -0.106 e. The first kappa shape index (κ1) is 15.7. The molecule has 0 aromatic rings. The van der Waals surface area contributed by atoms with Gasteiger partial charge in [0.25, 0.3) is 0 Å². The van der Waals surface area contributed by atoms with Crippen LogP contribution in [-0.4, -0.2) is 4.75 Å². The molecular weight excluding hydrogens is 284 g/mol. The molecule has 0 fully saturated rings. The van der Waals surface area contributed by atoms with Crippen LogP contribution in [0.15, 0.2) is 70.2 Å². The average Bonchev–Trinajstić information content (AvgIpc) is 2.84. The molecule has 3 aliphatic rings. The summed E-state index contributed by atoms with van der Waals surface area (Å²) in [5.41, 5.74) is 4.69. The lowest BCUT2D eigenvalue weighted by Gasteiger charge is -2.32. The topological polar surface area (TPSA) is 0 Å². The lowest BCUT2D eigenvalue weighted by Crippen LogP contribution is -2.26. The Morgan fingerprint density at radius 1 is 0.864 bits per heavy atom. The van der Waals surface area contributed by atoms with Gasteiger partial charge in [-0.05, 0) is 33.6 Å². The molecule has 1 spiro atoms. The zero-order valence-electron chi connectivity index (χ0n) is 14.5. The Kier molecular flexibility index (Phi) is 3.49. The highest BCUT2D eigenvalue weighted by molar-refractivity contribution is 8.05. The summed E-state index contributed by atoms with van der Waals surface area (Å²) in [6.07, 6.45) is 18.3. The Hall–Kier alpha value is -1.21. The summed E-state index contributed by atoms with van der Waals surface area (Å²) in [4.78, 5) is 1.38. The van der Waals surface area contributed by atoms with E-state index in [1.807, 2.05) is 11.8 Å². The Morgan fingerprint density at radius 2 is 1.59 bits per heavy atom. The minimum atomic E-state index is -0.00243. The second kappa shape index (κ2) is 4.89. The molecule has 0 N–H and O–H groups in total. The highest BCUT2D eigenvalue weighted by Gasteiger charge is 2.46. The van der Waals surface area contributed by atoms with Gasteiger partial charge >= 0.3 is 0 Å². The predicted octanol–water partition coefficient (Wildman–Crippen LogP) is 6.37. The molecule has 0 saturated heterocycles. The van der Waals surface area contributed by atoms with Crippen molar-refractivity contribution in [2.24, 2.45) is 10.8 Å². The lowest BCUT2D eigenvalue weighted by atomic mass is 9.79. The molecule has 1 atom stereocenters. The zero-order chi connectivity index (χ0) is 16.2. The maximum atomic E-state index is 2.50. The summed E-state index contributed by atoms with van der Waals surface area (Å²) in [7, 11) is 0. The molecule has 0 aromatic carbocycles. The summed E-state index contributed by atoms with van der Waals surface area (Å²) in [5.74, 6) is 0. The van der Waals surface area contributed by atoms with Gasteiger partial charge in [0.2, 0.25) is 0 Å². The van der Waals surface area contributed by atoms with Crippen molar-refractivity contribution in [2.45, 2.75) is 46.3 Å². The molecule has 1 heterocycles. The van der Waals surface area contributed by atoms with E-state index in [1.54, 1.807) is 0 Å². The van der Waals surface area contributed by atoms with Gasteiger partial charge in [-0.1, -0.05) is 84.1 Å². The normalized spacial score (nSPS) is 27.4. The molecule has 116 valence electrons. The van der Waals surface area contributed by atoms with Crippen LogP contribution in [0.25, 0.3) is 0 Å². The van der Waals surface area contributed by atoms with Gasteiger partial charge in [-0.15, -0.1) is 11.8 Å². The van der Waals surface area contributed by atoms with Gasteiger partial charge in [0, 0.05) is 4.91 Å². The van der Waals surface area contributed by atoms with Gasteiger partial charge in [0.1, 0.15) is 0 Å². The van der Waals surface area contributed by atoms with Crippen molar-refractivity contribution in [3.63, 3.8) is 0 Å². The van der Waals surface area contributed by atoms with E-state index < -0.39 is 0 Å². The molecule has 1 aliphatic heterocycles. The van der Waals surface area contributed by atoms with Crippen LogP contribution in [-0.2, 0) is 0 Å². The molecule has 0 radical (unpaired) electrons. The molecule has 0 bridgehead atoms. The van der Waals surface area contributed by atoms with Crippen LogP contribution in [0, 0.1) is 10.8 Å². The first-order valence-corrected chi connectivity index (χ1v) is 8.87. The molecule has 2 aliphatic carbocycles. The molecular formula is C21H26S. The van der Waals surface area contributed by atoms with Crippen LogP contribution in [0.4, 0.5) is 0 Å². The molecule has 0 saturated carbocycles. The van der Waals surface area contributed by atoms with E-state index in [0.29, 0.717) is 0 Å². The number of fused-ring (bicyclic) bond motifs is 1. The van der Waals surface area contributed by atoms with Crippen molar-refractivity contribution in [1.82, 2.24) is 0 Å². The summed E-state index contributed by atoms with van der Waals surface area (Å²) in [6.45, 7) is 13.9. The molecule has 1 heteroatoms. The summed E-state index contributed by atoms with van der Waals surface area (Å²) < 4.78 is -0.00243. The SMILES string of the molecule is CC(C)(C)C1=C[C@@]2(C=C3C=CC=CC=C3S2)C(C(C)(C)C)=C1. The van der Waals surface area contributed by atoms with Crippen LogP contribution >= 0.6 is 11.8 Å². The summed E-state index contributed by atoms with van der Waals surface area (Å²) in [5, 5.41) is 0. The van der Waals surface area contributed by atoms with Gasteiger partial charge in [0.15, 0.2) is 0 Å². The molecule has 0 amide bonds. The third-order valence-electron chi connectivity index (χ3n) is 4.44. The Labute approximate surface area is 139 Å². The first-order chi connectivity index (χ1) is 10.1. The lowest BCUT2D eigenvalue weighted by molar-refractivity contribution is 0.484. The standard InChI is InChI=1S/C21H26S/c1-19(2,3)16-12-18(20(4,5)6)21(14-16)13-15-10-8-7-9-11-17(15)22-21/h7-14H,1-6H3/t21-/m0/s1. The average molecular weight is 311 g/mol. The van der Waals surface area contributed by atoms with Crippen molar-refractivity contribution in [3.8, 4) is 0 Å². The third-order valence-corrected chi connectivity index (χ3v) is 5.83. The number of hydrogen-bond acceptors (Lipinski definition) is 1. The first-order valence-electron chi connectivity index (χ1n) is 8.05. The highest BCUT2D eigenvalue weighted by atomic mass is 32.2. The van der Waals surface area contributed by atoms with E-state index in [1.165, 1.54) is 21.6 Å². The maximum Gasteiger partial charge on any atom is 0.0799 e. The van der Waals surface area contributed by atoms with Crippen LogP contribution < -0.4 is 0 Å². The predicted molar refractivity (Wildman–Crippen MR) is 99.8 cm³/mol. The third kappa shape index (κ3) is 2.60. The fraction of sp³-hybridized carbons (Fsp3) is 0.429. The minimum absolute atomic E-state index is 0.00243. The van der Waals surface area contributed by atoms with E-state index in [2.05, 4.69) is 90.2 Å². The highest BCUT2D eigenvalue weighted by Crippen LogP contribution is 2.58. The summed E-state index contributed by atoms with van der Waals surface area (Å²) >= 11 is 1.99. The Bertz CT molecular complexity index is 678. The van der Waals surface area contributed by atoms with Crippen molar-refractivity contribution in [3.05, 3.63) is 70.2 Å². The van der Waals surface area contributed by atoms with E-state index in [0.717, 1.165) is 0 Å². The molecule has 0 unspecified atom stereocenters. The molecule has 22 heavy (non-hydrogen) atoms. The second-order valence-corrected chi connectivity index (χ2v) is 9.75. The fourth-order valence-corrected chi connectivity index (χ4v) is 4.86. The monoisotopic (exact) mass is 310 g/mol. The quantitative estimate of drug-likeness (QED) is 0.501. The molecule has 3 rings (SSSR count). The van der Waals surface area contributed by atoms with E-state index in [4.69, 9.17) is 0 Å². The molecule has 0 aromatic heterocycles. The Balaban J connectivity index is 2.14. The second-order valence-electron chi connectivity index (χ2n) is 8.43. The van der Waals surface area contributed by atoms with Crippen molar-refractivity contribution in [1.29, 1.82) is 0 Å².